The second-order valence-electron chi connectivity index (χ2n) is 4.57. The van der Waals surface area contributed by atoms with Gasteiger partial charge in [0.25, 0.3) is 0 Å². The molecule has 0 radical (unpaired) electrons. The molecule has 5 N–H and O–H groups in total. The Balaban J connectivity index is 2.88. The monoisotopic (exact) mass is 230 g/mol. The van der Waals surface area contributed by atoms with Gasteiger partial charge >= 0.3 is 0 Å². The van der Waals surface area contributed by atoms with E-state index in [0.29, 0.717) is 0 Å². The molecule has 92 valence electrons. The van der Waals surface area contributed by atoms with Crippen molar-refractivity contribution in [2.75, 3.05) is 0 Å². The van der Waals surface area contributed by atoms with Gasteiger partial charge in [0.05, 0.1) is 5.60 Å². The van der Waals surface area contributed by atoms with Crippen LogP contribution in [0.3, 0.4) is 0 Å². The van der Waals surface area contributed by atoms with Crippen molar-refractivity contribution in [3.8, 4) is 0 Å². The van der Waals surface area contributed by atoms with Gasteiger partial charge in [-0.15, -0.1) is 0 Å². The SMILES string of the molecule is CC(C)(O)C=CC1=CC(O)C(O)C(O)C1O. The predicted molar refractivity (Wildman–Crippen MR) is 57.5 cm³/mol. The zero-order valence-corrected chi connectivity index (χ0v) is 9.28. The van der Waals surface area contributed by atoms with Crippen molar-refractivity contribution in [1.82, 2.24) is 0 Å². The molecule has 0 aliphatic heterocycles. The van der Waals surface area contributed by atoms with Gasteiger partial charge in [0.2, 0.25) is 0 Å². The van der Waals surface area contributed by atoms with E-state index in [2.05, 4.69) is 0 Å². The van der Waals surface area contributed by atoms with Crippen LogP contribution in [0.5, 0.6) is 0 Å². The summed E-state index contributed by atoms with van der Waals surface area (Å²) in [4.78, 5) is 0. The molecule has 16 heavy (non-hydrogen) atoms. The smallest absolute Gasteiger partial charge is 0.113 e. The Kier molecular flexibility index (Phi) is 3.88. The van der Waals surface area contributed by atoms with Crippen LogP contribution in [-0.4, -0.2) is 55.5 Å². The zero-order valence-electron chi connectivity index (χ0n) is 9.28. The molecule has 0 amide bonds. The van der Waals surface area contributed by atoms with Crippen molar-refractivity contribution in [2.45, 2.75) is 43.9 Å². The number of rotatable bonds is 2. The minimum Gasteiger partial charge on any atom is -0.387 e. The van der Waals surface area contributed by atoms with E-state index < -0.39 is 30.0 Å². The van der Waals surface area contributed by atoms with E-state index in [1.165, 1.54) is 18.2 Å². The van der Waals surface area contributed by atoms with E-state index >= 15 is 0 Å². The third kappa shape index (κ3) is 3.13. The molecule has 0 fully saturated rings. The molecule has 4 atom stereocenters. The highest BCUT2D eigenvalue weighted by atomic mass is 16.4. The lowest BCUT2D eigenvalue weighted by atomic mass is 9.88. The molecule has 4 unspecified atom stereocenters. The van der Waals surface area contributed by atoms with E-state index in [1.807, 2.05) is 0 Å². The van der Waals surface area contributed by atoms with Crippen LogP contribution in [0.4, 0.5) is 0 Å². The van der Waals surface area contributed by atoms with Crippen molar-refractivity contribution < 1.29 is 25.5 Å². The first-order chi connectivity index (χ1) is 7.22. The van der Waals surface area contributed by atoms with Crippen molar-refractivity contribution >= 4 is 0 Å². The Labute approximate surface area is 94.0 Å². The second kappa shape index (κ2) is 4.65. The third-order valence-electron chi connectivity index (χ3n) is 2.41. The summed E-state index contributed by atoms with van der Waals surface area (Å²) in [7, 11) is 0. The zero-order chi connectivity index (χ0) is 12.5. The molecule has 5 heteroatoms. The fourth-order valence-corrected chi connectivity index (χ4v) is 1.43. The second-order valence-corrected chi connectivity index (χ2v) is 4.57. The molecule has 0 spiro atoms. The minimum absolute atomic E-state index is 0.271. The standard InChI is InChI=1S/C11H18O5/c1-11(2,16)4-3-6-5-7(12)9(14)10(15)8(6)13/h3-5,7-10,12-16H,1-2H3. The van der Waals surface area contributed by atoms with Crippen LogP contribution in [0.25, 0.3) is 0 Å². The van der Waals surface area contributed by atoms with Gasteiger partial charge in [-0.25, -0.2) is 0 Å². The molecule has 1 rings (SSSR count). The Morgan fingerprint density at radius 1 is 1.12 bits per heavy atom. The molecule has 0 heterocycles. The van der Waals surface area contributed by atoms with E-state index in [-0.39, 0.29) is 5.57 Å². The van der Waals surface area contributed by atoms with Gasteiger partial charge in [-0.2, -0.15) is 0 Å². The predicted octanol–water partition coefficient (Wildman–Crippen LogP) is -1.30. The largest absolute Gasteiger partial charge is 0.387 e. The Morgan fingerprint density at radius 3 is 2.19 bits per heavy atom. The first-order valence-electron chi connectivity index (χ1n) is 5.08. The summed E-state index contributed by atoms with van der Waals surface area (Å²) in [5.41, 5.74) is -0.778. The normalized spacial score (nSPS) is 36.6. The molecule has 0 aromatic carbocycles. The highest BCUT2D eigenvalue weighted by Gasteiger charge is 2.35. The van der Waals surface area contributed by atoms with E-state index in [1.54, 1.807) is 13.8 Å². The summed E-state index contributed by atoms with van der Waals surface area (Å²) in [6.07, 6.45) is -1.21. The Bertz CT molecular complexity index is 302. The molecule has 1 aliphatic rings. The van der Waals surface area contributed by atoms with E-state index in [9.17, 15) is 25.5 Å². The maximum Gasteiger partial charge on any atom is 0.113 e. The van der Waals surface area contributed by atoms with Crippen LogP contribution in [0.2, 0.25) is 0 Å². The van der Waals surface area contributed by atoms with E-state index in [0.717, 1.165) is 0 Å². The fraction of sp³-hybridized carbons (Fsp3) is 0.636. The minimum atomic E-state index is -1.43. The molecule has 0 bridgehead atoms. The highest BCUT2D eigenvalue weighted by molar-refractivity contribution is 5.30. The topological polar surface area (TPSA) is 101 Å². The average Bonchev–Trinajstić information content (AvgIpc) is 2.17. The van der Waals surface area contributed by atoms with Crippen molar-refractivity contribution in [2.24, 2.45) is 0 Å². The number of aliphatic hydroxyl groups excluding tert-OH is 4. The molecule has 0 aromatic heterocycles. The molecule has 5 nitrogen and oxygen atoms in total. The van der Waals surface area contributed by atoms with Crippen LogP contribution in [0.1, 0.15) is 13.8 Å². The van der Waals surface area contributed by atoms with Crippen LogP contribution in [0, 0.1) is 0 Å². The van der Waals surface area contributed by atoms with Gasteiger partial charge in [-0.1, -0.05) is 12.2 Å². The molecule has 0 saturated heterocycles. The van der Waals surface area contributed by atoms with Gasteiger partial charge in [-0.05, 0) is 25.5 Å². The summed E-state index contributed by atoms with van der Waals surface area (Å²) >= 11 is 0. The number of aliphatic hydroxyl groups is 5. The number of hydrogen-bond donors (Lipinski definition) is 5. The molecule has 0 aromatic rings. The van der Waals surface area contributed by atoms with Gasteiger partial charge in [0, 0.05) is 0 Å². The third-order valence-corrected chi connectivity index (χ3v) is 2.41. The quantitative estimate of drug-likeness (QED) is 0.406. The molecular formula is C11H18O5. The van der Waals surface area contributed by atoms with E-state index in [4.69, 9.17) is 0 Å². The summed E-state index contributed by atoms with van der Waals surface area (Å²) in [6, 6.07) is 0. The van der Waals surface area contributed by atoms with Crippen molar-refractivity contribution in [3.05, 3.63) is 23.8 Å². The van der Waals surface area contributed by atoms with Gasteiger partial charge in [0.15, 0.2) is 0 Å². The lowest BCUT2D eigenvalue weighted by molar-refractivity contribution is -0.0913. The molecule has 1 aliphatic carbocycles. The Hall–Kier alpha value is -0.720. The van der Waals surface area contributed by atoms with Crippen LogP contribution < -0.4 is 0 Å². The lowest BCUT2D eigenvalue weighted by Gasteiger charge is -2.31. The lowest BCUT2D eigenvalue weighted by Crippen LogP contribution is -2.48. The first kappa shape index (κ1) is 13.3. The van der Waals surface area contributed by atoms with Gasteiger partial charge in [0.1, 0.15) is 24.4 Å². The maximum atomic E-state index is 9.60. The summed E-state index contributed by atoms with van der Waals surface area (Å²) in [6.45, 7) is 3.11. The van der Waals surface area contributed by atoms with Gasteiger partial charge < -0.3 is 25.5 Å². The Morgan fingerprint density at radius 2 is 1.69 bits per heavy atom. The van der Waals surface area contributed by atoms with Crippen LogP contribution in [-0.2, 0) is 0 Å². The summed E-state index contributed by atoms with van der Waals surface area (Å²) in [5, 5.41) is 47.1. The maximum absolute atomic E-state index is 9.60. The summed E-state index contributed by atoms with van der Waals surface area (Å²) in [5.74, 6) is 0. The van der Waals surface area contributed by atoms with Gasteiger partial charge in [-0.3, -0.25) is 0 Å². The van der Waals surface area contributed by atoms with Crippen LogP contribution >= 0.6 is 0 Å². The summed E-state index contributed by atoms with van der Waals surface area (Å²) < 4.78 is 0. The fourth-order valence-electron chi connectivity index (χ4n) is 1.43. The first-order valence-corrected chi connectivity index (χ1v) is 5.08. The highest BCUT2D eigenvalue weighted by Crippen LogP contribution is 2.22. The van der Waals surface area contributed by atoms with Crippen LogP contribution in [0.15, 0.2) is 23.8 Å². The molecule has 0 saturated carbocycles. The average molecular weight is 230 g/mol. The van der Waals surface area contributed by atoms with Crippen molar-refractivity contribution in [1.29, 1.82) is 0 Å². The van der Waals surface area contributed by atoms with Crippen molar-refractivity contribution in [3.63, 3.8) is 0 Å². The molecular weight excluding hydrogens is 212 g/mol. The number of hydrogen-bond acceptors (Lipinski definition) is 5.